The van der Waals surface area contributed by atoms with E-state index in [2.05, 4.69) is 5.10 Å². The second kappa shape index (κ2) is 5.27. The second-order valence-electron chi connectivity index (χ2n) is 4.14. The van der Waals surface area contributed by atoms with E-state index in [1.807, 2.05) is 0 Å². The molecule has 0 saturated carbocycles. The lowest BCUT2D eigenvalue weighted by atomic mass is 10.1. The molecule has 0 spiro atoms. The minimum Gasteiger partial charge on any atom is -0.389 e. The Morgan fingerprint density at radius 1 is 1.42 bits per heavy atom. The van der Waals surface area contributed by atoms with Gasteiger partial charge in [0.1, 0.15) is 10.8 Å². The molecule has 0 aliphatic carbocycles. The summed E-state index contributed by atoms with van der Waals surface area (Å²) in [4.78, 5) is 11.8. The summed E-state index contributed by atoms with van der Waals surface area (Å²) in [7, 11) is 0. The van der Waals surface area contributed by atoms with Gasteiger partial charge in [0, 0.05) is 11.6 Å². The number of halogens is 1. The lowest BCUT2D eigenvalue weighted by Gasteiger charge is -2.10. The Morgan fingerprint density at radius 2 is 2.16 bits per heavy atom. The van der Waals surface area contributed by atoms with Crippen molar-refractivity contribution in [2.45, 2.75) is 13.5 Å². The first-order chi connectivity index (χ1) is 8.97. The molecule has 0 aliphatic rings. The highest BCUT2D eigenvalue weighted by molar-refractivity contribution is 7.80. The first kappa shape index (κ1) is 13.4. The van der Waals surface area contributed by atoms with Crippen LogP contribution >= 0.6 is 12.2 Å². The van der Waals surface area contributed by atoms with Crippen LogP contribution < -0.4 is 11.3 Å². The van der Waals surface area contributed by atoms with Gasteiger partial charge in [-0.2, -0.15) is 5.10 Å². The summed E-state index contributed by atoms with van der Waals surface area (Å²) in [5.74, 6) is -0.407. The standard InChI is InChI=1S/C13H12FN3OS/c1-8-2-5-12(18)17(16-8)7-9-6-10(14)3-4-11(9)13(15)19/h2-6H,7H2,1H3,(H2,15,19). The number of nitrogens with two attached hydrogens (primary N) is 1. The molecule has 1 aromatic heterocycles. The third-order valence-electron chi connectivity index (χ3n) is 2.65. The number of rotatable bonds is 3. The largest absolute Gasteiger partial charge is 0.389 e. The van der Waals surface area contributed by atoms with E-state index in [0.717, 1.165) is 0 Å². The number of thiocarbonyl (C=S) groups is 1. The zero-order valence-electron chi connectivity index (χ0n) is 10.3. The van der Waals surface area contributed by atoms with Crippen LogP contribution in [0.3, 0.4) is 0 Å². The SMILES string of the molecule is Cc1ccc(=O)n(Cc2cc(F)ccc2C(N)=S)n1. The van der Waals surface area contributed by atoms with E-state index in [4.69, 9.17) is 18.0 Å². The molecule has 0 saturated heterocycles. The quantitative estimate of drug-likeness (QED) is 0.861. The summed E-state index contributed by atoms with van der Waals surface area (Å²) in [6.07, 6.45) is 0. The average molecular weight is 277 g/mol. The van der Waals surface area contributed by atoms with Crippen LogP contribution in [0.2, 0.25) is 0 Å². The Balaban J connectivity index is 2.48. The van der Waals surface area contributed by atoms with Gasteiger partial charge in [-0.25, -0.2) is 9.07 Å². The zero-order chi connectivity index (χ0) is 14.0. The van der Waals surface area contributed by atoms with Crippen LogP contribution in [-0.4, -0.2) is 14.8 Å². The highest BCUT2D eigenvalue weighted by Crippen LogP contribution is 2.12. The monoisotopic (exact) mass is 277 g/mol. The summed E-state index contributed by atoms with van der Waals surface area (Å²) >= 11 is 4.92. The van der Waals surface area contributed by atoms with E-state index in [0.29, 0.717) is 16.8 Å². The van der Waals surface area contributed by atoms with Gasteiger partial charge in [0.05, 0.1) is 12.2 Å². The summed E-state index contributed by atoms with van der Waals surface area (Å²) < 4.78 is 14.6. The Labute approximate surface area is 114 Å². The van der Waals surface area contributed by atoms with Gasteiger partial charge in [-0.15, -0.1) is 0 Å². The molecule has 0 unspecified atom stereocenters. The number of benzene rings is 1. The van der Waals surface area contributed by atoms with Gasteiger partial charge < -0.3 is 5.73 Å². The Kier molecular flexibility index (Phi) is 3.71. The molecule has 0 amide bonds. The van der Waals surface area contributed by atoms with Gasteiger partial charge >= 0.3 is 0 Å². The molecular weight excluding hydrogens is 265 g/mol. The number of nitrogens with zero attached hydrogens (tertiary/aromatic N) is 2. The Bertz CT molecular complexity index is 697. The van der Waals surface area contributed by atoms with Gasteiger partial charge in [0.2, 0.25) is 0 Å². The highest BCUT2D eigenvalue weighted by atomic mass is 32.1. The predicted molar refractivity (Wildman–Crippen MR) is 74.6 cm³/mol. The molecule has 98 valence electrons. The average Bonchev–Trinajstić information content (AvgIpc) is 2.33. The van der Waals surface area contributed by atoms with E-state index in [1.54, 1.807) is 13.0 Å². The topological polar surface area (TPSA) is 60.9 Å². The lowest BCUT2D eigenvalue weighted by molar-refractivity contribution is 0.606. The van der Waals surface area contributed by atoms with Crippen molar-refractivity contribution in [1.29, 1.82) is 0 Å². The number of hydrogen-bond donors (Lipinski definition) is 1. The smallest absolute Gasteiger partial charge is 0.267 e. The van der Waals surface area contributed by atoms with E-state index in [-0.39, 0.29) is 17.1 Å². The van der Waals surface area contributed by atoms with Gasteiger partial charge in [-0.05, 0) is 36.8 Å². The first-order valence-corrected chi connectivity index (χ1v) is 6.01. The van der Waals surface area contributed by atoms with Crippen molar-refractivity contribution in [3.8, 4) is 0 Å². The maximum atomic E-state index is 13.3. The fourth-order valence-corrected chi connectivity index (χ4v) is 1.96. The molecule has 0 bridgehead atoms. The van der Waals surface area contributed by atoms with Crippen LogP contribution in [0, 0.1) is 12.7 Å². The van der Waals surface area contributed by atoms with Crippen LogP contribution in [0.25, 0.3) is 0 Å². The molecule has 1 aromatic carbocycles. The highest BCUT2D eigenvalue weighted by Gasteiger charge is 2.09. The van der Waals surface area contributed by atoms with E-state index < -0.39 is 5.82 Å². The molecular formula is C13H12FN3OS. The summed E-state index contributed by atoms with van der Waals surface area (Å²) in [6.45, 7) is 1.90. The molecule has 0 radical (unpaired) electrons. The lowest BCUT2D eigenvalue weighted by Crippen LogP contribution is -2.24. The van der Waals surface area contributed by atoms with Crippen LogP contribution in [0.15, 0.2) is 35.1 Å². The van der Waals surface area contributed by atoms with Gasteiger partial charge in [0.25, 0.3) is 5.56 Å². The van der Waals surface area contributed by atoms with Gasteiger partial charge in [0.15, 0.2) is 0 Å². The normalized spacial score (nSPS) is 10.4. The Morgan fingerprint density at radius 3 is 2.84 bits per heavy atom. The first-order valence-electron chi connectivity index (χ1n) is 5.60. The Hall–Kier alpha value is -2.08. The van der Waals surface area contributed by atoms with Crippen molar-refractivity contribution in [2.24, 2.45) is 5.73 Å². The molecule has 0 aliphatic heterocycles. The van der Waals surface area contributed by atoms with E-state index in [9.17, 15) is 9.18 Å². The van der Waals surface area contributed by atoms with Crippen molar-refractivity contribution in [3.63, 3.8) is 0 Å². The van der Waals surface area contributed by atoms with Gasteiger partial charge in [-0.1, -0.05) is 12.2 Å². The molecule has 4 nitrogen and oxygen atoms in total. The molecule has 2 rings (SSSR count). The van der Waals surface area contributed by atoms with Crippen molar-refractivity contribution in [3.05, 3.63) is 63.3 Å². The second-order valence-corrected chi connectivity index (χ2v) is 4.58. The summed E-state index contributed by atoms with van der Waals surface area (Å²) in [5, 5.41) is 4.10. The third-order valence-corrected chi connectivity index (χ3v) is 2.87. The van der Waals surface area contributed by atoms with Crippen molar-refractivity contribution >= 4 is 17.2 Å². The molecule has 19 heavy (non-hydrogen) atoms. The van der Waals surface area contributed by atoms with Crippen molar-refractivity contribution in [1.82, 2.24) is 9.78 Å². The number of hydrogen-bond acceptors (Lipinski definition) is 3. The number of aryl methyl sites for hydroxylation is 1. The molecule has 2 N–H and O–H groups in total. The van der Waals surface area contributed by atoms with Crippen molar-refractivity contribution < 1.29 is 4.39 Å². The van der Waals surface area contributed by atoms with Gasteiger partial charge in [-0.3, -0.25) is 4.79 Å². The molecule has 0 fully saturated rings. The van der Waals surface area contributed by atoms with Crippen LogP contribution in [-0.2, 0) is 6.54 Å². The minimum atomic E-state index is -0.407. The van der Waals surface area contributed by atoms with Crippen LogP contribution in [0.4, 0.5) is 4.39 Å². The van der Waals surface area contributed by atoms with E-state index >= 15 is 0 Å². The predicted octanol–water partition coefficient (Wildman–Crippen LogP) is 1.37. The molecule has 2 aromatic rings. The van der Waals surface area contributed by atoms with Crippen LogP contribution in [0.1, 0.15) is 16.8 Å². The fourth-order valence-electron chi connectivity index (χ4n) is 1.76. The third kappa shape index (κ3) is 3.03. The molecule has 6 heteroatoms. The maximum absolute atomic E-state index is 13.3. The molecule has 0 atom stereocenters. The molecule has 1 heterocycles. The fraction of sp³-hybridized carbons (Fsp3) is 0.154. The van der Waals surface area contributed by atoms with Crippen LogP contribution in [0.5, 0.6) is 0 Å². The maximum Gasteiger partial charge on any atom is 0.267 e. The van der Waals surface area contributed by atoms with Crippen molar-refractivity contribution in [2.75, 3.05) is 0 Å². The van der Waals surface area contributed by atoms with E-state index in [1.165, 1.54) is 28.9 Å². The number of aromatic nitrogens is 2. The zero-order valence-corrected chi connectivity index (χ0v) is 11.1. The summed E-state index contributed by atoms with van der Waals surface area (Å²) in [6, 6.07) is 7.14. The summed E-state index contributed by atoms with van der Waals surface area (Å²) in [5.41, 5.74) is 7.11. The minimum absolute atomic E-state index is 0.130.